The minimum Gasteiger partial charge on any atom is -0.343 e. The summed E-state index contributed by atoms with van der Waals surface area (Å²) in [6, 6.07) is 15.1. The van der Waals surface area contributed by atoms with Crippen molar-refractivity contribution in [1.82, 2.24) is 25.8 Å². The Kier molecular flexibility index (Phi) is 15.2. The lowest BCUT2D eigenvalue weighted by Gasteiger charge is -2.54. The first kappa shape index (κ1) is 40.4. The monoisotopic (exact) mass is 718 g/mol. The molecule has 0 aliphatic carbocycles. The molecular weight excluding hydrogens is 660 g/mol. The van der Waals surface area contributed by atoms with Crippen LogP contribution in [-0.4, -0.2) is 103 Å². The molecule has 2 heterocycles. The average molecular weight is 719 g/mol. The van der Waals surface area contributed by atoms with Crippen molar-refractivity contribution in [3.8, 4) is 0 Å². The van der Waals surface area contributed by atoms with Gasteiger partial charge in [0.1, 0.15) is 18.1 Å². The van der Waals surface area contributed by atoms with Gasteiger partial charge < -0.3 is 43.0 Å². The lowest BCUT2D eigenvalue weighted by atomic mass is 9.71. The zero-order valence-electron chi connectivity index (χ0n) is 30.7. The highest BCUT2D eigenvalue weighted by molar-refractivity contribution is 5.95. The second-order valence-corrected chi connectivity index (χ2v) is 14.9. The summed E-state index contributed by atoms with van der Waals surface area (Å²) in [7, 11) is 0. The lowest BCUT2D eigenvalue weighted by molar-refractivity contribution is -0.153. The lowest BCUT2D eigenvalue weighted by Crippen LogP contribution is -2.66. The van der Waals surface area contributed by atoms with E-state index in [0.29, 0.717) is 64.8 Å². The summed E-state index contributed by atoms with van der Waals surface area (Å²) in [6.07, 6.45) is 4.19. The number of carbonyl (C=O) groups excluding carboxylic acids is 5. The third kappa shape index (κ3) is 11.6. The van der Waals surface area contributed by atoms with Gasteiger partial charge in [-0.05, 0) is 68.5 Å². The van der Waals surface area contributed by atoms with Crippen LogP contribution in [0.3, 0.4) is 0 Å². The van der Waals surface area contributed by atoms with Crippen LogP contribution in [0, 0.1) is 11.3 Å². The van der Waals surface area contributed by atoms with Gasteiger partial charge in [0.2, 0.25) is 29.5 Å². The number of rotatable bonds is 18. The number of nitrogens with one attached hydrogen (secondary N) is 3. The highest BCUT2D eigenvalue weighted by Crippen LogP contribution is 2.40. The van der Waals surface area contributed by atoms with E-state index in [2.05, 4.69) is 16.0 Å². The minimum absolute atomic E-state index is 0.00864. The SMILES string of the molecule is CC(C)CC(NC(=O)[C@@H](Cc1ccccc1)NC(=O)[C@H](N)Cc1ccccc1)C(=O)N[C@H](CCCCN)C(=O)N1CC2(CCN(C(=O)CN)CC2)C1. The maximum atomic E-state index is 14.0. The number of carbonyl (C=O) groups is 5. The van der Waals surface area contributed by atoms with Crippen molar-refractivity contribution in [1.29, 1.82) is 0 Å². The molecule has 52 heavy (non-hydrogen) atoms. The maximum Gasteiger partial charge on any atom is 0.245 e. The van der Waals surface area contributed by atoms with Gasteiger partial charge in [0.25, 0.3) is 0 Å². The first-order valence-electron chi connectivity index (χ1n) is 18.6. The predicted molar refractivity (Wildman–Crippen MR) is 200 cm³/mol. The van der Waals surface area contributed by atoms with E-state index in [4.69, 9.17) is 17.2 Å². The van der Waals surface area contributed by atoms with Crippen molar-refractivity contribution in [2.24, 2.45) is 28.5 Å². The van der Waals surface area contributed by atoms with Crippen molar-refractivity contribution >= 4 is 29.5 Å². The summed E-state index contributed by atoms with van der Waals surface area (Å²) < 4.78 is 0. The number of hydrogen-bond acceptors (Lipinski definition) is 8. The van der Waals surface area contributed by atoms with E-state index < -0.39 is 41.9 Å². The quantitative estimate of drug-likeness (QED) is 0.122. The number of unbranched alkanes of at least 4 members (excludes halogenated alkanes) is 1. The Morgan fingerprint density at radius 2 is 1.25 bits per heavy atom. The molecule has 2 aromatic carbocycles. The Bertz CT molecular complexity index is 1470. The predicted octanol–water partition coefficient (Wildman–Crippen LogP) is 0.838. The van der Waals surface area contributed by atoms with E-state index in [1.807, 2.05) is 74.5 Å². The zero-order valence-corrected chi connectivity index (χ0v) is 30.7. The molecule has 2 aliphatic heterocycles. The molecule has 13 nitrogen and oxygen atoms in total. The summed E-state index contributed by atoms with van der Waals surface area (Å²) in [4.78, 5) is 70.7. The van der Waals surface area contributed by atoms with E-state index in [-0.39, 0.29) is 36.1 Å². The molecule has 284 valence electrons. The van der Waals surface area contributed by atoms with Gasteiger partial charge in [0.05, 0.1) is 12.6 Å². The zero-order chi connectivity index (χ0) is 37.7. The van der Waals surface area contributed by atoms with E-state index in [0.717, 1.165) is 24.0 Å². The number of likely N-dealkylation sites (tertiary alicyclic amines) is 2. The second-order valence-electron chi connectivity index (χ2n) is 14.9. The maximum absolute atomic E-state index is 14.0. The van der Waals surface area contributed by atoms with E-state index in [1.54, 1.807) is 9.80 Å². The Hall–Kier alpha value is -4.33. The molecule has 2 fully saturated rings. The molecule has 0 radical (unpaired) electrons. The molecule has 2 aliphatic rings. The van der Waals surface area contributed by atoms with Crippen molar-refractivity contribution < 1.29 is 24.0 Å². The van der Waals surface area contributed by atoms with Gasteiger partial charge in [-0.2, -0.15) is 0 Å². The molecule has 13 heteroatoms. The van der Waals surface area contributed by atoms with Crippen LogP contribution in [0.25, 0.3) is 0 Å². The molecule has 0 bridgehead atoms. The van der Waals surface area contributed by atoms with Gasteiger partial charge >= 0.3 is 0 Å². The molecule has 1 spiro atoms. The van der Waals surface area contributed by atoms with Gasteiger partial charge in [-0.25, -0.2) is 0 Å². The van der Waals surface area contributed by atoms with Crippen LogP contribution in [0.15, 0.2) is 60.7 Å². The number of hydrogen-bond donors (Lipinski definition) is 6. The van der Waals surface area contributed by atoms with Crippen LogP contribution in [0.1, 0.15) is 63.5 Å². The van der Waals surface area contributed by atoms with Crippen molar-refractivity contribution in [2.75, 3.05) is 39.3 Å². The second kappa shape index (κ2) is 19.5. The third-order valence-corrected chi connectivity index (χ3v) is 10.2. The number of amides is 5. The number of nitrogens with two attached hydrogens (primary N) is 3. The topological polar surface area (TPSA) is 206 Å². The van der Waals surface area contributed by atoms with Crippen LogP contribution >= 0.6 is 0 Å². The molecule has 1 unspecified atom stereocenters. The fraction of sp³-hybridized carbons (Fsp3) is 0.564. The first-order chi connectivity index (χ1) is 24.9. The van der Waals surface area contributed by atoms with Gasteiger partial charge in [-0.1, -0.05) is 74.5 Å². The Morgan fingerprint density at radius 1 is 0.712 bits per heavy atom. The van der Waals surface area contributed by atoms with Crippen LogP contribution in [-0.2, 0) is 36.8 Å². The van der Waals surface area contributed by atoms with E-state index in [1.165, 1.54) is 0 Å². The molecule has 0 saturated carbocycles. The van der Waals surface area contributed by atoms with Crippen LogP contribution in [0.5, 0.6) is 0 Å². The molecule has 5 amide bonds. The van der Waals surface area contributed by atoms with Crippen molar-refractivity contribution in [3.63, 3.8) is 0 Å². The van der Waals surface area contributed by atoms with E-state index in [9.17, 15) is 24.0 Å². The fourth-order valence-electron chi connectivity index (χ4n) is 7.11. The fourth-order valence-corrected chi connectivity index (χ4v) is 7.11. The Labute approximate surface area is 307 Å². The molecule has 0 aromatic heterocycles. The summed E-state index contributed by atoms with van der Waals surface area (Å²) in [6.45, 7) is 6.74. The van der Waals surface area contributed by atoms with Gasteiger partial charge in [0.15, 0.2) is 0 Å². The smallest absolute Gasteiger partial charge is 0.245 e. The van der Waals surface area contributed by atoms with Crippen molar-refractivity contribution in [3.05, 3.63) is 71.8 Å². The van der Waals surface area contributed by atoms with Crippen LogP contribution < -0.4 is 33.2 Å². The molecule has 2 aromatic rings. The average Bonchev–Trinajstić information content (AvgIpc) is 3.12. The van der Waals surface area contributed by atoms with Crippen LogP contribution in [0.2, 0.25) is 0 Å². The summed E-state index contributed by atoms with van der Waals surface area (Å²) >= 11 is 0. The molecule has 2 saturated heterocycles. The molecule has 9 N–H and O–H groups in total. The highest BCUT2D eigenvalue weighted by Gasteiger charge is 2.48. The largest absolute Gasteiger partial charge is 0.343 e. The minimum atomic E-state index is -0.995. The Morgan fingerprint density at radius 3 is 1.81 bits per heavy atom. The highest BCUT2D eigenvalue weighted by atomic mass is 16.2. The molecule has 4 rings (SSSR count). The number of benzene rings is 2. The van der Waals surface area contributed by atoms with Crippen molar-refractivity contribution in [2.45, 2.75) is 89.4 Å². The third-order valence-electron chi connectivity index (χ3n) is 10.2. The Balaban J connectivity index is 1.44. The summed E-state index contributed by atoms with van der Waals surface area (Å²) in [5.74, 6) is -1.63. The number of piperidine rings is 1. The summed E-state index contributed by atoms with van der Waals surface area (Å²) in [5.41, 5.74) is 19.3. The molecule has 4 atom stereocenters. The summed E-state index contributed by atoms with van der Waals surface area (Å²) in [5, 5.41) is 8.71. The van der Waals surface area contributed by atoms with Gasteiger partial charge in [-0.3, -0.25) is 24.0 Å². The first-order valence-corrected chi connectivity index (χ1v) is 18.6. The molecular formula is C39H58N8O5. The standard InChI is InChI=1S/C39H58N8O5/c1-27(2)21-32(45-37(51)33(23-29-13-7-4-8-14-29)44-35(49)30(42)22-28-11-5-3-6-12-28)36(50)43-31(15-9-10-18-40)38(52)47-25-39(26-47)16-19-46(20-17-39)34(48)24-41/h3-8,11-14,27,30-33H,9-10,15-26,40-42H2,1-2H3,(H,43,50)(H,44,49)(H,45,51)/t30-,31-,32?,33-/m1/s1. The van der Waals surface area contributed by atoms with Gasteiger partial charge in [-0.15, -0.1) is 0 Å². The number of nitrogens with zero attached hydrogens (tertiary/aromatic N) is 2. The normalized spacial score (nSPS) is 17.4. The van der Waals surface area contributed by atoms with Crippen LogP contribution in [0.4, 0.5) is 0 Å². The van der Waals surface area contributed by atoms with E-state index >= 15 is 0 Å². The van der Waals surface area contributed by atoms with Gasteiger partial charge in [0, 0.05) is 38.0 Å².